The summed E-state index contributed by atoms with van der Waals surface area (Å²) >= 11 is 0. The monoisotopic (exact) mass is 245 g/mol. The smallest absolute Gasteiger partial charge is 0.298 e. The number of nitrogens with two attached hydrogens (primary N) is 1. The molecule has 1 amide bonds. The molecule has 0 fully saturated rings. The lowest BCUT2D eigenvalue weighted by atomic mass is 10.2. The van der Waals surface area contributed by atoms with Gasteiger partial charge in [-0.15, -0.1) is 0 Å². The molecule has 1 aromatic heterocycles. The Morgan fingerprint density at radius 1 is 1.69 bits per heavy atom. The Balaban J connectivity index is 3.75. The zero-order valence-electron chi connectivity index (χ0n) is 8.01. The van der Waals surface area contributed by atoms with Gasteiger partial charge in [0.05, 0.1) is 9.80 Å². The molecular formula is C7H7N3O5S. The van der Waals surface area contributed by atoms with Crippen LogP contribution in [0.3, 0.4) is 0 Å². The van der Waals surface area contributed by atoms with Gasteiger partial charge in [-0.2, -0.15) is 10.4 Å². The fraction of sp³-hybridized carbons (Fsp3) is 0.143. The molecule has 0 bridgehead atoms. The number of hydrogen-bond acceptors (Lipinski definition) is 5. The Hall–Kier alpha value is -2.05. The molecule has 1 unspecified atom stereocenters. The van der Waals surface area contributed by atoms with Crippen molar-refractivity contribution >= 4 is 20.6 Å². The van der Waals surface area contributed by atoms with E-state index in [0.29, 0.717) is 0 Å². The zero-order valence-corrected chi connectivity index (χ0v) is 8.83. The van der Waals surface area contributed by atoms with Crippen molar-refractivity contribution in [1.82, 2.24) is 5.16 Å². The van der Waals surface area contributed by atoms with Crippen molar-refractivity contribution in [1.29, 1.82) is 5.26 Å². The summed E-state index contributed by atoms with van der Waals surface area (Å²) in [6, 6.07) is 1.45. The molecule has 86 valence electrons. The largest absolute Gasteiger partial charge is 0.376 e. The van der Waals surface area contributed by atoms with Gasteiger partial charge < -0.3 is 14.8 Å². The van der Waals surface area contributed by atoms with E-state index in [-0.39, 0.29) is 0 Å². The van der Waals surface area contributed by atoms with Crippen LogP contribution in [-0.2, 0) is 14.6 Å². The van der Waals surface area contributed by atoms with E-state index in [4.69, 9.17) is 11.0 Å². The summed E-state index contributed by atoms with van der Waals surface area (Å²) in [7, 11) is -3.75. The van der Waals surface area contributed by atoms with Crippen LogP contribution >= 0.6 is 0 Å². The number of nitrogens with zero attached hydrogens (tertiary/aromatic N) is 1. The van der Waals surface area contributed by atoms with Crippen LogP contribution in [0.4, 0.5) is 0 Å². The van der Waals surface area contributed by atoms with Crippen LogP contribution in [0.2, 0.25) is 0 Å². The molecule has 0 radical (unpaired) electrons. The second-order valence-electron chi connectivity index (χ2n) is 2.85. The predicted molar refractivity (Wildman–Crippen MR) is 54.0 cm³/mol. The lowest BCUT2D eigenvalue weighted by Crippen LogP contribution is -2.30. The summed E-state index contributed by atoms with van der Waals surface area (Å²) in [6.07, 6.45) is 0.821. The number of hydrogen-bond donors (Lipinski definition) is 3. The Kier molecular flexibility index (Phi) is 2.88. The maximum Gasteiger partial charge on any atom is 0.298 e. The third-order valence-electron chi connectivity index (χ3n) is 1.62. The SMILES string of the molecule is CS(=O)(O)=C(C(N)=O)c1o[nH]c(=O)c1C#N. The number of carbonyl (C=O) groups excluding carboxylic acids is 1. The van der Waals surface area contributed by atoms with Crippen LogP contribution in [0.15, 0.2) is 9.32 Å². The molecule has 0 spiro atoms. The number of nitrogens with one attached hydrogen (secondary N) is 1. The maximum absolute atomic E-state index is 11.3. The predicted octanol–water partition coefficient (Wildman–Crippen LogP) is -1.77. The molecule has 0 aliphatic carbocycles. The Labute approximate surface area is 89.5 Å². The molecule has 1 heterocycles. The van der Waals surface area contributed by atoms with Crippen LogP contribution in [0.1, 0.15) is 11.3 Å². The van der Waals surface area contributed by atoms with E-state index in [1.807, 2.05) is 0 Å². The minimum Gasteiger partial charge on any atom is -0.376 e. The summed E-state index contributed by atoms with van der Waals surface area (Å²) in [4.78, 5) is 21.2. The minimum absolute atomic E-state index is 0.572. The van der Waals surface area contributed by atoms with Crippen molar-refractivity contribution in [3.8, 4) is 6.07 Å². The van der Waals surface area contributed by atoms with E-state index in [1.54, 1.807) is 5.16 Å². The van der Waals surface area contributed by atoms with Crippen molar-refractivity contribution in [2.24, 2.45) is 5.73 Å². The van der Waals surface area contributed by atoms with E-state index >= 15 is 0 Å². The number of amides is 1. The summed E-state index contributed by atoms with van der Waals surface area (Å²) in [6.45, 7) is 0. The van der Waals surface area contributed by atoms with E-state index in [0.717, 1.165) is 6.26 Å². The minimum atomic E-state index is -3.75. The van der Waals surface area contributed by atoms with Gasteiger partial charge in [-0.3, -0.25) is 9.59 Å². The van der Waals surface area contributed by atoms with E-state index in [9.17, 15) is 18.4 Å². The Morgan fingerprint density at radius 3 is 2.62 bits per heavy atom. The van der Waals surface area contributed by atoms with Crippen molar-refractivity contribution in [2.45, 2.75) is 0 Å². The molecular weight excluding hydrogens is 238 g/mol. The van der Waals surface area contributed by atoms with Gasteiger partial charge in [0.1, 0.15) is 6.07 Å². The fourth-order valence-corrected chi connectivity index (χ4v) is 1.90. The molecule has 8 nitrogen and oxygen atoms in total. The second-order valence-corrected chi connectivity index (χ2v) is 4.86. The van der Waals surface area contributed by atoms with Crippen molar-refractivity contribution in [3.63, 3.8) is 0 Å². The average molecular weight is 245 g/mol. The van der Waals surface area contributed by atoms with Gasteiger partial charge in [0.15, 0.2) is 10.4 Å². The number of aromatic amines is 1. The van der Waals surface area contributed by atoms with Crippen LogP contribution in [0, 0.1) is 11.3 Å². The Bertz CT molecular complexity index is 644. The first-order valence-electron chi connectivity index (χ1n) is 3.79. The van der Waals surface area contributed by atoms with Gasteiger partial charge in [0, 0.05) is 6.26 Å². The number of primary amides is 1. The van der Waals surface area contributed by atoms with Crippen LogP contribution in [0.5, 0.6) is 0 Å². The molecule has 1 aromatic rings. The van der Waals surface area contributed by atoms with E-state index in [2.05, 4.69) is 4.52 Å². The number of rotatable bonds is 2. The number of nitriles is 1. The quantitative estimate of drug-likeness (QED) is 0.414. The lowest BCUT2D eigenvalue weighted by Gasteiger charge is -2.01. The number of aromatic nitrogens is 1. The molecule has 0 aromatic carbocycles. The molecule has 4 N–H and O–H groups in total. The molecule has 9 heteroatoms. The van der Waals surface area contributed by atoms with E-state index in [1.165, 1.54) is 6.07 Å². The molecule has 16 heavy (non-hydrogen) atoms. The number of carbonyl (C=O) groups is 1. The topological polar surface area (TPSA) is 150 Å². The normalized spacial score (nSPS) is 13.8. The summed E-state index contributed by atoms with van der Waals surface area (Å²) in [5.41, 5.74) is 3.41. The van der Waals surface area contributed by atoms with Crippen molar-refractivity contribution < 1.29 is 18.1 Å². The molecule has 0 aliphatic heterocycles. The zero-order chi connectivity index (χ0) is 12.5. The van der Waals surface area contributed by atoms with Gasteiger partial charge >= 0.3 is 0 Å². The molecule has 1 rings (SSSR count). The first kappa shape index (κ1) is 12.0. The average Bonchev–Trinajstić information content (AvgIpc) is 2.44. The third-order valence-corrected chi connectivity index (χ3v) is 2.76. The van der Waals surface area contributed by atoms with Gasteiger partial charge in [0.2, 0.25) is 5.76 Å². The fourth-order valence-electron chi connectivity index (χ4n) is 1.03. The van der Waals surface area contributed by atoms with Gasteiger partial charge in [0.25, 0.3) is 11.5 Å². The summed E-state index contributed by atoms with van der Waals surface area (Å²) in [5.74, 6) is -1.84. The molecule has 1 atom stereocenters. The number of H-pyrrole nitrogens is 1. The highest BCUT2D eigenvalue weighted by atomic mass is 32.2. The first-order chi connectivity index (χ1) is 7.29. The van der Waals surface area contributed by atoms with E-state index < -0.39 is 37.5 Å². The summed E-state index contributed by atoms with van der Waals surface area (Å²) < 4.78 is 25.1. The van der Waals surface area contributed by atoms with Gasteiger partial charge in [-0.25, -0.2) is 4.21 Å². The van der Waals surface area contributed by atoms with Crippen LogP contribution in [-0.4, -0.2) is 30.9 Å². The molecule has 0 saturated carbocycles. The third kappa shape index (κ3) is 1.97. The van der Waals surface area contributed by atoms with Crippen molar-refractivity contribution in [2.75, 3.05) is 6.26 Å². The first-order valence-corrected chi connectivity index (χ1v) is 5.71. The van der Waals surface area contributed by atoms with Crippen molar-refractivity contribution in [3.05, 3.63) is 21.7 Å². The molecule has 0 saturated heterocycles. The van der Waals surface area contributed by atoms with Gasteiger partial charge in [-0.05, 0) is 0 Å². The second kappa shape index (κ2) is 3.84. The Morgan fingerprint density at radius 2 is 2.25 bits per heavy atom. The standard InChI is InChI=1S/C7H7N3O5S/c1-16(13,14)5(6(9)11)4-3(2-8)7(12)10-15-4/h1H3,(H2,9,11)(H,10,12)(H,13,14). The maximum atomic E-state index is 11.3. The molecule has 0 aliphatic rings. The highest BCUT2D eigenvalue weighted by molar-refractivity contribution is 7.98. The van der Waals surface area contributed by atoms with Gasteiger partial charge in [-0.1, -0.05) is 0 Å². The highest BCUT2D eigenvalue weighted by Crippen LogP contribution is 2.06. The highest BCUT2D eigenvalue weighted by Gasteiger charge is 2.26. The van der Waals surface area contributed by atoms with Crippen LogP contribution < -0.4 is 11.3 Å². The lowest BCUT2D eigenvalue weighted by molar-refractivity contribution is -0.111. The van der Waals surface area contributed by atoms with Crippen LogP contribution in [0.25, 0.3) is 0 Å². The summed E-state index contributed by atoms with van der Waals surface area (Å²) in [5, 5.41) is 10.4.